The van der Waals surface area contributed by atoms with Crippen LogP contribution in [-0.4, -0.2) is 26.4 Å². The maximum absolute atomic E-state index is 12.4. The van der Waals surface area contributed by atoms with E-state index >= 15 is 0 Å². The van der Waals surface area contributed by atoms with E-state index in [0.717, 1.165) is 0 Å². The second kappa shape index (κ2) is 7.00. The minimum atomic E-state index is -1.65. The molecule has 22 heavy (non-hydrogen) atoms. The fraction of sp³-hybridized carbons (Fsp3) is 0.125. The fourth-order valence-electron chi connectivity index (χ4n) is 2.03. The van der Waals surface area contributed by atoms with E-state index in [1.165, 1.54) is 12.1 Å². The number of hydrogen-bond donors (Lipinski definition) is 2. The molecule has 2 aromatic carbocycles. The number of carbonyl (C=O) groups is 2. The molecule has 2 aromatic rings. The van der Waals surface area contributed by atoms with Crippen molar-refractivity contribution in [3.63, 3.8) is 0 Å². The Morgan fingerprint density at radius 1 is 0.955 bits per heavy atom. The predicted octanol–water partition coefficient (Wildman–Crippen LogP) is 2.46. The Hall–Kier alpha value is -2.47. The highest BCUT2D eigenvalue weighted by molar-refractivity contribution is 7.85. The van der Waals surface area contributed by atoms with Crippen LogP contribution in [0.4, 0.5) is 0 Å². The van der Waals surface area contributed by atoms with Gasteiger partial charge < -0.3 is 10.2 Å². The van der Waals surface area contributed by atoms with Crippen LogP contribution >= 0.6 is 0 Å². The summed E-state index contributed by atoms with van der Waals surface area (Å²) < 4.78 is 12.4. The lowest BCUT2D eigenvalue weighted by atomic mass is 10.1. The second-order valence-corrected chi connectivity index (χ2v) is 6.18. The molecule has 0 aliphatic heterocycles. The summed E-state index contributed by atoms with van der Waals surface area (Å²) in [5.41, 5.74) is 1.24. The van der Waals surface area contributed by atoms with Gasteiger partial charge in [0.15, 0.2) is 5.25 Å². The minimum Gasteiger partial charge on any atom is -0.480 e. The quantitative estimate of drug-likeness (QED) is 0.853. The van der Waals surface area contributed by atoms with Crippen molar-refractivity contribution in [2.45, 2.75) is 11.0 Å². The van der Waals surface area contributed by atoms with Crippen molar-refractivity contribution in [1.29, 1.82) is 0 Å². The SMILES string of the molecule is O=C(O)c1ccc(CS(=O)C(C(=O)O)c2ccccc2)cc1. The van der Waals surface area contributed by atoms with E-state index in [4.69, 9.17) is 5.11 Å². The third-order valence-corrected chi connectivity index (χ3v) is 4.72. The summed E-state index contributed by atoms with van der Waals surface area (Å²) in [4.78, 5) is 22.2. The molecule has 0 saturated carbocycles. The molecule has 2 rings (SSSR count). The highest BCUT2D eigenvalue weighted by atomic mass is 32.2. The van der Waals surface area contributed by atoms with E-state index in [2.05, 4.69) is 0 Å². The van der Waals surface area contributed by atoms with Gasteiger partial charge in [-0.2, -0.15) is 0 Å². The van der Waals surface area contributed by atoms with Crippen LogP contribution in [-0.2, 0) is 21.3 Å². The van der Waals surface area contributed by atoms with Gasteiger partial charge in [0, 0.05) is 16.6 Å². The first-order chi connectivity index (χ1) is 10.5. The van der Waals surface area contributed by atoms with Crippen LogP contribution in [0.5, 0.6) is 0 Å². The van der Waals surface area contributed by atoms with Crippen molar-refractivity contribution in [2.75, 3.05) is 0 Å². The molecule has 6 heteroatoms. The lowest BCUT2D eigenvalue weighted by Gasteiger charge is -2.12. The molecule has 2 N–H and O–H groups in total. The molecule has 0 heterocycles. The third-order valence-electron chi connectivity index (χ3n) is 3.10. The number of aliphatic carboxylic acids is 1. The van der Waals surface area contributed by atoms with Gasteiger partial charge in [0.2, 0.25) is 0 Å². The van der Waals surface area contributed by atoms with Crippen molar-refractivity contribution in [3.05, 3.63) is 71.3 Å². The first-order valence-electron chi connectivity index (χ1n) is 6.46. The smallest absolute Gasteiger partial charge is 0.335 e. The van der Waals surface area contributed by atoms with Crippen LogP contribution < -0.4 is 0 Å². The first-order valence-corrected chi connectivity index (χ1v) is 7.84. The number of carboxylic acid groups (broad SMARTS) is 2. The summed E-state index contributed by atoms with van der Waals surface area (Å²) in [7, 11) is -1.65. The van der Waals surface area contributed by atoms with Crippen LogP contribution in [0.25, 0.3) is 0 Å². The molecule has 0 fully saturated rings. The van der Waals surface area contributed by atoms with Crippen LogP contribution in [0.1, 0.15) is 26.7 Å². The molecule has 2 unspecified atom stereocenters. The van der Waals surface area contributed by atoms with Crippen molar-refractivity contribution < 1.29 is 24.0 Å². The van der Waals surface area contributed by atoms with E-state index < -0.39 is 28.0 Å². The van der Waals surface area contributed by atoms with Gasteiger partial charge in [0.1, 0.15) is 0 Å². The maximum Gasteiger partial charge on any atom is 0.335 e. The number of carboxylic acids is 2. The zero-order valence-corrected chi connectivity index (χ0v) is 12.3. The van der Waals surface area contributed by atoms with Crippen LogP contribution in [0, 0.1) is 0 Å². The zero-order valence-electron chi connectivity index (χ0n) is 11.5. The van der Waals surface area contributed by atoms with Crippen LogP contribution in [0.2, 0.25) is 0 Å². The van der Waals surface area contributed by atoms with E-state index in [-0.39, 0.29) is 11.3 Å². The Kier molecular flexibility index (Phi) is 5.06. The third kappa shape index (κ3) is 3.79. The van der Waals surface area contributed by atoms with Gasteiger partial charge >= 0.3 is 11.9 Å². The molecule has 0 aliphatic carbocycles. The van der Waals surface area contributed by atoms with Gasteiger partial charge in [-0.25, -0.2) is 4.79 Å². The average Bonchev–Trinajstić information content (AvgIpc) is 2.48. The molecule has 0 radical (unpaired) electrons. The van der Waals surface area contributed by atoms with Crippen molar-refractivity contribution >= 4 is 22.7 Å². The van der Waals surface area contributed by atoms with Crippen LogP contribution in [0.3, 0.4) is 0 Å². The molecule has 0 amide bonds. The highest BCUT2D eigenvalue weighted by Crippen LogP contribution is 2.23. The molecule has 0 aliphatic rings. The second-order valence-electron chi connectivity index (χ2n) is 4.66. The standard InChI is InChI=1S/C16H14O5S/c17-15(18)13-8-6-11(7-9-13)10-22(21)14(16(19)20)12-4-2-1-3-5-12/h1-9,14H,10H2,(H,17,18)(H,19,20). The molecule has 0 saturated heterocycles. The van der Waals surface area contributed by atoms with Gasteiger partial charge in [-0.15, -0.1) is 0 Å². The number of rotatable bonds is 6. The largest absolute Gasteiger partial charge is 0.480 e. The van der Waals surface area contributed by atoms with E-state index in [9.17, 15) is 18.9 Å². The molecule has 5 nitrogen and oxygen atoms in total. The summed E-state index contributed by atoms with van der Waals surface area (Å²) in [6.07, 6.45) is 0. The van der Waals surface area contributed by atoms with Crippen molar-refractivity contribution in [3.8, 4) is 0 Å². The Bertz CT molecular complexity index is 694. The predicted molar refractivity (Wildman–Crippen MR) is 82.1 cm³/mol. The summed E-state index contributed by atoms with van der Waals surface area (Å²) in [5.74, 6) is -2.14. The number of benzene rings is 2. The average molecular weight is 318 g/mol. The monoisotopic (exact) mass is 318 g/mol. The van der Waals surface area contributed by atoms with Gasteiger partial charge in [-0.3, -0.25) is 9.00 Å². The van der Waals surface area contributed by atoms with E-state index in [0.29, 0.717) is 11.1 Å². The normalized spacial score (nSPS) is 13.3. The first kappa shape index (κ1) is 15.9. The number of aromatic carboxylic acids is 1. The number of hydrogen-bond acceptors (Lipinski definition) is 3. The lowest BCUT2D eigenvalue weighted by molar-refractivity contribution is -0.136. The summed E-state index contributed by atoms with van der Waals surface area (Å²) >= 11 is 0. The van der Waals surface area contributed by atoms with Crippen molar-refractivity contribution in [1.82, 2.24) is 0 Å². The van der Waals surface area contributed by atoms with Gasteiger partial charge in [-0.1, -0.05) is 42.5 Å². The van der Waals surface area contributed by atoms with E-state index in [1.54, 1.807) is 42.5 Å². The highest BCUT2D eigenvalue weighted by Gasteiger charge is 2.26. The van der Waals surface area contributed by atoms with E-state index in [1.807, 2.05) is 0 Å². The molecular weight excluding hydrogens is 304 g/mol. The molecular formula is C16H14O5S. The summed E-state index contributed by atoms with van der Waals surface area (Å²) in [5, 5.41) is 17.0. The van der Waals surface area contributed by atoms with Crippen molar-refractivity contribution in [2.24, 2.45) is 0 Å². The molecule has 0 spiro atoms. The molecule has 0 bridgehead atoms. The van der Waals surface area contributed by atoms with Crippen LogP contribution in [0.15, 0.2) is 54.6 Å². The zero-order chi connectivity index (χ0) is 16.1. The Morgan fingerprint density at radius 2 is 1.55 bits per heavy atom. The lowest BCUT2D eigenvalue weighted by Crippen LogP contribution is -2.18. The maximum atomic E-state index is 12.4. The minimum absolute atomic E-state index is 0.0474. The summed E-state index contributed by atoms with van der Waals surface area (Å²) in [6.45, 7) is 0. The molecule has 114 valence electrons. The summed E-state index contributed by atoms with van der Waals surface area (Å²) in [6, 6.07) is 14.3. The molecule has 0 aromatic heterocycles. The Morgan fingerprint density at radius 3 is 2.05 bits per heavy atom. The Balaban J connectivity index is 2.18. The topological polar surface area (TPSA) is 91.7 Å². The fourth-order valence-corrected chi connectivity index (χ4v) is 3.40. The Labute approximate surface area is 129 Å². The van der Waals surface area contributed by atoms with Gasteiger partial charge in [0.25, 0.3) is 0 Å². The molecule has 2 atom stereocenters. The van der Waals surface area contributed by atoms with Gasteiger partial charge in [-0.05, 0) is 23.3 Å². The van der Waals surface area contributed by atoms with Gasteiger partial charge in [0.05, 0.1) is 5.56 Å².